The number of hydrogen-bond acceptors (Lipinski definition) is 5. The topological polar surface area (TPSA) is 64.1 Å². The highest BCUT2D eigenvalue weighted by Crippen LogP contribution is 2.31. The van der Waals surface area contributed by atoms with E-state index < -0.39 is 0 Å². The van der Waals surface area contributed by atoms with E-state index in [1.54, 1.807) is 0 Å². The molecule has 1 amide bonds. The molecule has 1 heterocycles. The lowest BCUT2D eigenvalue weighted by Gasteiger charge is -2.11. The Bertz CT molecular complexity index is 1200. The normalized spacial score (nSPS) is 10.8. The molecule has 5 nitrogen and oxygen atoms in total. The number of carbonyl (C=O) groups excluding carboxylic acids is 1. The number of thioether (sulfide) groups is 1. The molecule has 0 aliphatic heterocycles. The van der Waals surface area contributed by atoms with Gasteiger partial charge < -0.3 is 10.1 Å². The molecule has 31 heavy (non-hydrogen) atoms. The zero-order valence-corrected chi connectivity index (χ0v) is 17.7. The molecular formula is C24H20FN3O2S. The minimum Gasteiger partial charge on any atom is -0.494 e. The van der Waals surface area contributed by atoms with Crippen molar-refractivity contribution in [3.8, 4) is 17.1 Å². The average Bonchev–Trinajstić information content (AvgIpc) is 2.80. The third kappa shape index (κ3) is 5.19. The summed E-state index contributed by atoms with van der Waals surface area (Å²) < 4.78 is 18.7. The van der Waals surface area contributed by atoms with E-state index in [0.29, 0.717) is 23.1 Å². The monoisotopic (exact) mass is 433 g/mol. The fourth-order valence-electron chi connectivity index (χ4n) is 3.03. The molecule has 0 bridgehead atoms. The first-order valence-electron chi connectivity index (χ1n) is 9.80. The number of hydrogen-bond donors (Lipinski definition) is 1. The Kier molecular flexibility index (Phi) is 6.43. The van der Waals surface area contributed by atoms with Gasteiger partial charge in [-0.1, -0.05) is 42.1 Å². The van der Waals surface area contributed by atoms with Crippen molar-refractivity contribution in [3.63, 3.8) is 0 Å². The second kappa shape index (κ2) is 9.57. The Hall–Kier alpha value is -3.45. The first-order valence-corrected chi connectivity index (χ1v) is 10.8. The van der Waals surface area contributed by atoms with Crippen molar-refractivity contribution in [2.45, 2.75) is 11.9 Å². The number of aromatic nitrogens is 2. The van der Waals surface area contributed by atoms with Gasteiger partial charge in [0, 0.05) is 16.6 Å². The number of benzene rings is 3. The summed E-state index contributed by atoms with van der Waals surface area (Å²) in [6.07, 6.45) is 0. The first-order chi connectivity index (χ1) is 15.1. The van der Waals surface area contributed by atoms with E-state index in [-0.39, 0.29) is 17.5 Å². The molecule has 0 saturated carbocycles. The highest BCUT2D eigenvalue weighted by atomic mass is 32.2. The van der Waals surface area contributed by atoms with Gasteiger partial charge in [-0.05, 0) is 49.4 Å². The van der Waals surface area contributed by atoms with E-state index in [4.69, 9.17) is 14.7 Å². The molecule has 1 aromatic heterocycles. The zero-order valence-electron chi connectivity index (χ0n) is 16.8. The molecule has 7 heteroatoms. The molecule has 0 atom stereocenters. The summed E-state index contributed by atoms with van der Waals surface area (Å²) in [5, 5.41) is 4.29. The first kappa shape index (κ1) is 20.8. The van der Waals surface area contributed by atoms with E-state index in [0.717, 1.165) is 22.2 Å². The van der Waals surface area contributed by atoms with Crippen LogP contribution in [0, 0.1) is 5.82 Å². The summed E-state index contributed by atoms with van der Waals surface area (Å²) in [6, 6.07) is 21.1. The van der Waals surface area contributed by atoms with Crippen LogP contribution in [0.1, 0.15) is 6.92 Å². The van der Waals surface area contributed by atoms with Crippen LogP contribution < -0.4 is 10.1 Å². The van der Waals surface area contributed by atoms with Crippen LogP contribution in [-0.4, -0.2) is 28.2 Å². The third-order valence-corrected chi connectivity index (χ3v) is 5.43. The van der Waals surface area contributed by atoms with Gasteiger partial charge in [-0.3, -0.25) is 4.79 Å². The smallest absolute Gasteiger partial charge is 0.234 e. The Balaban J connectivity index is 1.62. The fraction of sp³-hybridized carbons (Fsp3) is 0.125. The van der Waals surface area contributed by atoms with Crippen LogP contribution in [0.25, 0.3) is 22.3 Å². The van der Waals surface area contributed by atoms with Gasteiger partial charge in [0.2, 0.25) is 5.91 Å². The van der Waals surface area contributed by atoms with Gasteiger partial charge in [-0.15, -0.1) is 0 Å². The van der Waals surface area contributed by atoms with E-state index >= 15 is 0 Å². The van der Waals surface area contributed by atoms with Crippen LogP contribution in [0.3, 0.4) is 0 Å². The molecule has 0 saturated heterocycles. The largest absolute Gasteiger partial charge is 0.494 e. The van der Waals surface area contributed by atoms with Crippen LogP contribution in [0.4, 0.5) is 10.1 Å². The van der Waals surface area contributed by atoms with Crippen molar-refractivity contribution >= 4 is 34.3 Å². The summed E-state index contributed by atoms with van der Waals surface area (Å²) in [5.74, 6) is 0.919. The van der Waals surface area contributed by atoms with E-state index in [1.165, 1.54) is 36.0 Å². The Labute approximate surface area is 183 Å². The molecule has 0 spiro atoms. The second-order valence-electron chi connectivity index (χ2n) is 6.67. The van der Waals surface area contributed by atoms with E-state index in [2.05, 4.69) is 5.32 Å². The summed E-state index contributed by atoms with van der Waals surface area (Å²) in [6.45, 7) is 2.48. The van der Waals surface area contributed by atoms with E-state index in [1.807, 2.05) is 55.5 Å². The number of ether oxygens (including phenoxy) is 1. The van der Waals surface area contributed by atoms with Crippen LogP contribution >= 0.6 is 11.8 Å². The van der Waals surface area contributed by atoms with Gasteiger partial charge in [0.25, 0.3) is 0 Å². The maximum Gasteiger partial charge on any atom is 0.234 e. The van der Waals surface area contributed by atoms with Gasteiger partial charge in [-0.2, -0.15) is 0 Å². The van der Waals surface area contributed by atoms with Gasteiger partial charge >= 0.3 is 0 Å². The highest BCUT2D eigenvalue weighted by molar-refractivity contribution is 8.00. The standard InChI is InChI=1S/C24H20FN3O2S/c1-2-30-19-12-13-21-20(14-19)24(28-23(27-21)16-6-4-3-5-7-16)31-15-22(29)26-18-10-8-17(25)9-11-18/h3-14H,2,15H2,1H3,(H,26,29). The predicted octanol–water partition coefficient (Wildman–Crippen LogP) is 5.57. The number of carbonyl (C=O) groups is 1. The van der Waals surface area contributed by atoms with Crippen molar-refractivity contribution in [1.82, 2.24) is 9.97 Å². The van der Waals surface area contributed by atoms with Crippen molar-refractivity contribution in [1.29, 1.82) is 0 Å². The number of amides is 1. The van der Waals surface area contributed by atoms with Crippen LogP contribution in [-0.2, 0) is 4.79 Å². The third-order valence-electron chi connectivity index (χ3n) is 4.44. The van der Waals surface area contributed by atoms with Crippen molar-refractivity contribution in [2.24, 2.45) is 0 Å². The summed E-state index contributed by atoms with van der Waals surface area (Å²) in [5.41, 5.74) is 2.22. The molecule has 0 unspecified atom stereocenters. The quantitative estimate of drug-likeness (QED) is 0.305. The minimum atomic E-state index is -0.349. The van der Waals surface area contributed by atoms with Gasteiger partial charge in [-0.25, -0.2) is 14.4 Å². The van der Waals surface area contributed by atoms with Crippen LogP contribution in [0.2, 0.25) is 0 Å². The number of rotatable bonds is 7. The fourth-order valence-corrected chi connectivity index (χ4v) is 3.84. The Morgan fingerprint density at radius 1 is 1.03 bits per heavy atom. The molecule has 0 radical (unpaired) electrons. The van der Waals surface area contributed by atoms with Crippen molar-refractivity contribution in [3.05, 3.63) is 78.6 Å². The number of anilines is 1. The number of nitrogens with one attached hydrogen (secondary N) is 1. The Morgan fingerprint density at radius 3 is 2.55 bits per heavy atom. The second-order valence-corrected chi connectivity index (χ2v) is 7.64. The molecule has 156 valence electrons. The highest BCUT2D eigenvalue weighted by Gasteiger charge is 2.13. The molecule has 0 aliphatic carbocycles. The molecule has 1 N–H and O–H groups in total. The lowest BCUT2D eigenvalue weighted by molar-refractivity contribution is -0.113. The molecule has 4 aromatic rings. The average molecular weight is 434 g/mol. The summed E-state index contributed by atoms with van der Waals surface area (Å²) >= 11 is 1.32. The predicted molar refractivity (Wildman–Crippen MR) is 122 cm³/mol. The minimum absolute atomic E-state index is 0.149. The zero-order chi connectivity index (χ0) is 21.6. The lowest BCUT2D eigenvalue weighted by atomic mass is 10.2. The molecule has 3 aromatic carbocycles. The number of fused-ring (bicyclic) bond motifs is 1. The Morgan fingerprint density at radius 2 is 1.81 bits per heavy atom. The summed E-state index contributed by atoms with van der Waals surface area (Å²) in [4.78, 5) is 21.9. The van der Waals surface area contributed by atoms with Crippen LogP contribution in [0.5, 0.6) is 5.75 Å². The van der Waals surface area contributed by atoms with Gasteiger partial charge in [0.15, 0.2) is 5.82 Å². The molecule has 4 rings (SSSR count). The maximum absolute atomic E-state index is 13.1. The summed E-state index contributed by atoms with van der Waals surface area (Å²) in [7, 11) is 0. The lowest BCUT2D eigenvalue weighted by Crippen LogP contribution is -2.14. The molecular weight excluding hydrogens is 413 g/mol. The van der Waals surface area contributed by atoms with Crippen molar-refractivity contribution in [2.75, 3.05) is 17.7 Å². The molecule has 0 fully saturated rings. The maximum atomic E-state index is 13.1. The number of halogens is 1. The number of nitrogens with zero attached hydrogens (tertiary/aromatic N) is 2. The van der Waals surface area contributed by atoms with Crippen molar-refractivity contribution < 1.29 is 13.9 Å². The van der Waals surface area contributed by atoms with E-state index in [9.17, 15) is 9.18 Å². The van der Waals surface area contributed by atoms with Gasteiger partial charge in [0.1, 0.15) is 16.6 Å². The van der Waals surface area contributed by atoms with Crippen LogP contribution in [0.15, 0.2) is 77.8 Å². The SMILES string of the molecule is CCOc1ccc2nc(-c3ccccc3)nc(SCC(=O)Nc3ccc(F)cc3)c2c1. The van der Waals surface area contributed by atoms with Gasteiger partial charge in [0.05, 0.1) is 17.9 Å². The molecule has 0 aliphatic rings.